The number of carbonyl (C=O) groups excluding carboxylic acids is 2. The number of nitrogens with zero attached hydrogens (tertiary/aromatic N) is 2. The number of halogens is 2. The number of nitrogens with one attached hydrogen (secondary N) is 2. The smallest absolute Gasteiger partial charge is 0.315 e. The molecule has 0 aliphatic carbocycles. The summed E-state index contributed by atoms with van der Waals surface area (Å²) in [6.07, 6.45) is 1.86. The highest BCUT2D eigenvalue weighted by Crippen LogP contribution is 2.34. The van der Waals surface area contributed by atoms with Crippen LogP contribution in [0.5, 0.6) is 0 Å². The Bertz CT molecular complexity index is 821. The molecule has 8 heteroatoms. The van der Waals surface area contributed by atoms with Crippen LogP contribution in [0.3, 0.4) is 0 Å². The summed E-state index contributed by atoms with van der Waals surface area (Å²) in [6, 6.07) is 5.86. The van der Waals surface area contributed by atoms with Crippen molar-refractivity contribution in [1.29, 1.82) is 0 Å². The third-order valence-corrected chi connectivity index (χ3v) is 4.35. The lowest BCUT2D eigenvalue weighted by Gasteiger charge is -2.37. The quantitative estimate of drug-likeness (QED) is 0.874. The molecule has 1 aliphatic rings. The molecule has 0 radical (unpaired) electrons. The molecule has 0 spiro atoms. The predicted molar refractivity (Wildman–Crippen MR) is 91.4 cm³/mol. The fraction of sp³-hybridized carbons (Fsp3) is 0.333. The maximum atomic E-state index is 14.4. The summed E-state index contributed by atoms with van der Waals surface area (Å²) in [5, 5.41) is 5.04. The van der Waals surface area contributed by atoms with Crippen molar-refractivity contribution in [2.24, 2.45) is 0 Å². The van der Waals surface area contributed by atoms with Crippen LogP contribution in [0, 0.1) is 11.6 Å². The molecule has 1 atom stereocenters. The Morgan fingerprint density at radius 1 is 1.19 bits per heavy atom. The molecule has 2 aromatic rings. The van der Waals surface area contributed by atoms with Crippen molar-refractivity contribution in [3.05, 3.63) is 59.4 Å². The van der Waals surface area contributed by atoms with Crippen molar-refractivity contribution < 1.29 is 18.4 Å². The first-order valence-electron chi connectivity index (χ1n) is 8.42. The summed E-state index contributed by atoms with van der Waals surface area (Å²) in [5.74, 6) is -1.72. The summed E-state index contributed by atoms with van der Waals surface area (Å²) < 4.78 is 29.7. The van der Waals surface area contributed by atoms with E-state index in [9.17, 15) is 18.4 Å². The number of rotatable bonds is 4. The number of hydrogen-bond acceptors (Lipinski definition) is 2. The lowest BCUT2D eigenvalue weighted by molar-refractivity contribution is -0.132. The average Bonchev–Trinajstić information content (AvgIpc) is 3.08. The molecule has 0 saturated heterocycles. The number of aromatic nitrogens is 1. The highest BCUT2D eigenvalue weighted by molar-refractivity contribution is 5.84. The predicted octanol–water partition coefficient (Wildman–Crippen LogP) is 2.02. The molecule has 0 saturated carbocycles. The maximum Gasteiger partial charge on any atom is 0.315 e. The van der Waals surface area contributed by atoms with Crippen molar-refractivity contribution in [3.63, 3.8) is 0 Å². The fourth-order valence-electron chi connectivity index (χ4n) is 3.18. The lowest BCUT2D eigenvalue weighted by atomic mass is 9.99. The average molecular weight is 362 g/mol. The van der Waals surface area contributed by atoms with Gasteiger partial charge in [-0.15, -0.1) is 0 Å². The van der Waals surface area contributed by atoms with E-state index in [-0.39, 0.29) is 18.0 Å². The van der Waals surface area contributed by atoms with E-state index in [1.165, 1.54) is 17.0 Å². The minimum atomic E-state index is -0.709. The summed E-state index contributed by atoms with van der Waals surface area (Å²) in [6.45, 7) is 2.94. The van der Waals surface area contributed by atoms with Crippen molar-refractivity contribution in [2.45, 2.75) is 19.5 Å². The zero-order valence-electron chi connectivity index (χ0n) is 14.3. The highest BCUT2D eigenvalue weighted by atomic mass is 19.1. The first-order valence-corrected chi connectivity index (χ1v) is 8.42. The monoisotopic (exact) mass is 362 g/mol. The standard InChI is InChI=1S/C18H20F2N4O2/c1-2-21-18(26)22-11-16(25)24-9-8-23-7-3-4-15(23)17(24)13-6-5-12(19)10-14(13)20/h3-7,10,17H,2,8-9,11H2,1H3,(H2,21,22,26). The largest absolute Gasteiger partial charge is 0.348 e. The minimum absolute atomic E-state index is 0.203. The molecule has 1 aliphatic heterocycles. The zero-order valence-corrected chi connectivity index (χ0v) is 14.3. The van der Waals surface area contributed by atoms with Crippen molar-refractivity contribution in [1.82, 2.24) is 20.1 Å². The number of urea groups is 1. The molecule has 1 aromatic carbocycles. The van der Waals surface area contributed by atoms with Gasteiger partial charge in [-0.3, -0.25) is 4.79 Å². The number of benzene rings is 1. The van der Waals surface area contributed by atoms with Gasteiger partial charge in [0.05, 0.1) is 6.54 Å². The minimum Gasteiger partial charge on any atom is -0.348 e. The molecule has 1 unspecified atom stereocenters. The Morgan fingerprint density at radius 3 is 2.73 bits per heavy atom. The van der Waals surface area contributed by atoms with Crippen LogP contribution in [0.2, 0.25) is 0 Å². The third kappa shape index (κ3) is 3.54. The highest BCUT2D eigenvalue weighted by Gasteiger charge is 2.33. The SMILES string of the molecule is CCNC(=O)NCC(=O)N1CCn2cccc2C1c1ccc(F)cc1F. The first kappa shape index (κ1) is 17.9. The van der Waals surface area contributed by atoms with Crippen LogP contribution in [-0.4, -0.2) is 41.0 Å². The Hall–Kier alpha value is -2.90. The molecular formula is C18H20F2N4O2. The van der Waals surface area contributed by atoms with Gasteiger partial charge in [0.15, 0.2) is 0 Å². The second kappa shape index (κ2) is 7.55. The zero-order chi connectivity index (χ0) is 18.7. The van der Waals surface area contributed by atoms with Crippen LogP contribution in [0.4, 0.5) is 13.6 Å². The summed E-state index contributed by atoms with van der Waals surface area (Å²) >= 11 is 0. The van der Waals surface area contributed by atoms with Gasteiger partial charge in [-0.05, 0) is 25.1 Å². The van der Waals surface area contributed by atoms with E-state index in [1.807, 2.05) is 22.9 Å². The van der Waals surface area contributed by atoms with E-state index in [1.54, 1.807) is 6.92 Å². The Labute approximate surface area is 149 Å². The van der Waals surface area contributed by atoms with Gasteiger partial charge < -0.3 is 20.1 Å². The molecule has 1 aromatic heterocycles. The van der Waals surface area contributed by atoms with Gasteiger partial charge >= 0.3 is 6.03 Å². The summed E-state index contributed by atoms with van der Waals surface area (Å²) in [4.78, 5) is 25.7. The first-order chi connectivity index (χ1) is 12.5. The van der Waals surface area contributed by atoms with Gasteiger partial charge in [0.25, 0.3) is 0 Å². The topological polar surface area (TPSA) is 66.4 Å². The molecule has 0 bridgehead atoms. The molecule has 3 rings (SSSR count). The molecule has 3 amide bonds. The van der Waals surface area contributed by atoms with Crippen LogP contribution in [0.25, 0.3) is 0 Å². The van der Waals surface area contributed by atoms with Gasteiger partial charge in [-0.1, -0.05) is 6.07 Å². The summed E-state index contributed by atoms with van der Waals surface area (Å²) in [5.41, 5.74) is 0.963. The number of hydrogen-bond donors (Lipinski definition) is 2. The normalized spacial score (nSPS) is 16.1. The van der Waals surface area contributed by atoms with Crippen LogP contribution in [0.15, 0.2) is 36.5 Å². The van der Waals surface area contributed by atoms with E-state index in [0.29, 0.717) is 19.6 Å². The second-order valence-corrected chi connectivity index (χ2v) is 5.99. The fourth-order valence-corrected chi connectivity index (χ4v) is 3.18. The molecule has 2 heterocycles. The van der Waals surface area contributed by atoms with Gasteiger partial charge in [-0.25, -0.2) is 13.6 Å². The van der Waals surface area contributed by atoms with Gasteiger partial charge in [0.2, 0.25) is 5.91 Å². The summed E-state index contributed by atoms with van der Waals surface area (Å²) in [7, 11) is 0. The van der Waals surface area contributed by atoms with Crippen LogP contribution >= 0.6 is 0 Å². The van der Waals surface area contributed by atoms with Crippen molar-refractivity contribution >= 4 is 11.9 Å². The maximum absolute atomic E-state index is 14.4. The van der Waals surface area contributed by atoms with E-state index < -0.39 is 23.7 Å². The third-order valence-electron chi connectivity index (χ3n) is 4.35. The van der Waals surface area contributed by atoms with Crippen LogP contribution in [0.1, 0.15) is 24.2 Å². The van der Waals surface area contributed by atoms with Gasteiger partial charge in [0, 0.05) is 43.2 Å². The van der Waals surface area contributed by atoms with E-state index in [2.05, 4.69) is 10.6 Å². The number of fused-ring (bicyclic) bond motifs is 1. The molecule has 26 heavy (non-hydrogen) atoms. The van der Waals surface area contributed by atoms with Crippen LogP contribution < -0.4 is 10.6 Å². The second-order valence-electron chi connectivity index (χ2n) is 5.99. The van der Waals surface area contributed by atoms with E-state index >= 15 is 0 Å². The van der Waals surface area contributed by atoms with E-state index in [0.717, 1.165) is 11.8 Å². The Morgan fingerprint density at radius 2 is 2.00 bits per heavy atom. The molecule has 0 fully saturated rings. The van der Waals surface area contributed by atoms with Crippen molar-refractivity contribution in [2.75, 3.05) is 19.6 Å². The van der Waals surface area contributed by atoms with E-state index in [4.69, 9.17) is 0 Å². The number of amides is 3. The van der Waals surface area contributed by atoms with Crippen LogP contribution in [-0.2, 0) is 11.3 Å². The number of carbonyl (C=O) groups is 2. The molecular weight excluding hydrogens is 342 g/mol. The van der Waals surface area contributed by atoms with Gasteiger partial charge in [-0.2, -0.15) is 0 Å². The molecule has 6 nitrogen and oxygen atoms in total. The molecule has 138 valence electrons. The van der Waals surface area contributed by atoms with Crippen molar-refractivity contribution in [3.8, 4) is 0 Å². The lowest BCUT2D eigenvalue weighted by Crippen LogP contribution is -2.48. The van der Waals surface area contributed by atoms with Gasteiger partial charge in [0.1, 0.15) is 17.7 Å². The Balaban J connectivity index is 1.89. The Kier molecular flexibility index (Phi) is 5.20. The molecule has 2 N–H and O–H groups in total.